The molecule has 0 unspecified atom stereocenters. The number of aromatic nitrogens is 2. The van der Waals surface area contributed by atoms with Crippen LogP contribution in [0, 0.1) is 0 Å². The van der Waals surface area contributed by atoms with Crippen LogP contribution >= 0.6 is 11.8 Å². The maximum Gasteiger partial charge on any atom is 0.573 e. The highest BCUT2D eigenvalue weighted by molar-refractivity contribution is 7.98. The average Bonchev–Trinajstić information content (AvgIpc) is 2.93. The van der Waals surface area contributed by atoms with Crippen molar-refractivity contribution >= 4 is 28.5 Å². The largest absolute Gasteiger partial charge is 0.573 e. The molecule has 132 valence electrons. The zero-order valence-electron chi connectivity index (χ0n) is 13.6. The molecule has 0 radical (unpaired) electrons. The van der Waals surface area contributed by atoms with Gasteiger partial charge in [-0.15, -0.1) is 13.2 Å². The van der Waals surface area contributed by atoms with Crippen molar-refractivity contribution in [3.05, 3.63) is 48.0 Å². The monoisotopic (exact) mass is 367 g/mol. The Labute approximate surface area is 147 Å². The van der Waals surface area contributed by atoms with Crippen LogP contribution in [0.3, 0.4) is 0 Å². The molecule has 1 heterocycles. The smallest absolute Gasteiger partial charge is 0.406 e. The van der Waals surface area contributed by atoms with Crippen LogP contribution in [0.4, 0.5) is 18.9 Å². The van der Waals surface area contributed by atoms with Gasteiger partial charge in [0.2, 0.25) is 0 Å². The van der Waals surface area contributed by atoms with Gasteiger partial charge in [-0.1, -0.05) is 30.0 Å². The van der Waals surface area contributed by atoms with Gasteiger partial charge in [-0.05, 0) is 23.8 Å². The first kappa shape index (κ1) is 17.5. The van der Waals surface area contributed by atoms with Gasteiger partial charge in [0.1, 0.15) is 5.75 Å². The fourth-order valence-corrected chi connectivity index (χ4v) is 3.32. The van der Waals surface area contributed by atoms with Crippen molar-refractivity contribution in [3.63, 3.8) is 0 Å². The lowest BCUT2D eigenvalue weighted by atomic mass is 10.2. The van der Waals surface area contributed by atoms with Gasteiger partial charge < -0.3 is 14.6 Å². The van der Waals surface area contributed by atoms with E-state index in [0.29, 0.717) is 21.9 Å². The molecule has 1 N–H and O–H groups in total. The van der Waals surface area contributed by atoms with Gasteiger partial charge in [0.25, 0.3) is 0 Å². The summed E-state index contributed by atoms with van der Waals surface area (Å²) in [5, 5.41) is 0.646. The van der Waals surface area contributed by atoms with Crippen molar-refractivity contribution in [2.45, 2.75) is 17.3 Å². The summed E-state index contributed by atoms with van der Waals surface area (Å²) in [5.74, 6) is 0.418. The summed E-state index contributed by atoms with van der Waals surface area (Å²) in [6.45, 7) is 0. The number of hydrogen-bond donors (Lipinski definition) is 1. The van der Waals surface area contributed by atoms with E-state index < -0.39 is 6.36 Å². The number of hydrogen-bond acceptors (Lipinski definition) is 4. The predicted octanol–water partition coefficient (Wildman–Crippen LogP) is 4.82. The number of halogens is 3. The minimum atomic E-state index is -4.71. The van der Waals surface area contributed by atoms with Gasteiger partial charge in [-0.3, -0.25) is 0 Å². The minimum Gasteiger partial charge on any atom is -0.406 e. The first-order valence-corrected chi connectivity index (χ1v) is 8.44. The summed E-state index contributed by atoms with van der Waals surface area (Å²) in [7, 11) is 3.96. The number of H-pyrrole nitrogens is 1. The lowest BCUT2D eigenvalue weighted by Gasteiger charge is -2.16. The second kappa shape index (κ2) is 6.87. The SMILES string of the molecule is CN(C)c1ccccc1CSc1nc2cc(OC(F)(F)F)ccc2[nH]1. The van der Waals surface area contributed by atoms with Crippen molar-refractivity contribution in [2.24, 2.45) is 0 Å². The summed E-state index contributed by atoms with van der Waals surface area (Å²) in [4.78, 5) is 9.48. The summed E-state index contributed by atoms with van der Waals surface area (Å²) in [6, 6.07) is 12.1. The molecular weight excluding hydrogens is 351 g/mol. The number of imidazole rings is 1. The molecule has 0 bridgehead atoms. The lowest BCUT2D eigenvalue weighted by molar-refractivity contribution is -0.274. The van der Waals surface area contributed by atoms with Crippen LogP contribution in [-0.4, -0.2) is 30.4 Å². The van der Waals surface area contributed by atoms with E-state index in [1.54, 1.807) is 0 Å². The molecule has 1 aromatic heterocycles. The molecule has 2 aromatic carbocycles. The van der Waals surface area contributed by atoms with Crippen molar-refractivity contribution in [1.29, 1.82) is 0 Å². The number of ether oxygens (including phenoxy) is 1. The Bertz CT molecular complexity index is 877. The lowest BCUT2D eigenvalue weighted by Crippen LogP contribution is -2.16. The third-order valence-corrected chi connectivity index (χ3v) is 4.43. The zero-order valence-corrected chi connectivity index (χ0v) is 14.4. The molecular formula is C17H16F3N3OS. The van der Waals surface area contributed by atoms with E-state index in [1.807, 2.05) is 43.3 Å². The molecule has 0 spiro atoms. The molecule has 0 fully saturated rings. The van der Waals surface area contributed by atoms with Crippen molar-refractivity contribution < 1.29 is 17.9 Å². The summed E-state index contributed by atoms with van der Waals surface area (Å²) < 4.78 is 40.8. The van der Waals surface area contributed by atoms with Gasteiger partial charge >= 0.3 is 6.36 Å². The molecule has 4 nitrogen and oxygen atoms in total. The van der Waals surface area contributed by atoms with Crippen molar-refractivity contribution in [1.82, 2.24) is 9.97 Å². The second-order valence-corrected chi connectivity index (χ2v) is 6.54. The summed E-state index contributed by atoms with van der Waals surface area (Å²) in [6.07, 6.45) is -4.71. The van der Waals surface area contributed by atoms with Gasteiger partial charge in [0.05, 0.1) is 11.0 Å². The van der Waals surface area contributed by atoms with Gasteiger partial charge in [0.15, 0.2) is 5.16 Å². The van der Waals surface area contributed by atoms with Gasteiger partial charge in [-0.2, -0.15) is 0 Å². The Morgan fingerprint density at radius 2 is 1.92 bits per heavy atom. The number of benzene rings is 2. The van der Waals surface area contributed by atoms with Gasteiger partial charge in [-0.25, -0.2) is 4.98 Å². The van der Waals surface area contributed by atoms with Crippen LogP contribution in [0.25, 0.3) is 11.0 Å². The Morgan fingerprint density at radius 3 is 2.64 bits per heavy atom. The third kappa shape index (κ3) is 4.39. The van der Waals surface area contributed by atoms with E-state index >= 15 is 0 Å². The fraction of sp³-hybridized carbons (Fsp3) is 0.235. The topological polar surface area (TPSA) is 41.2 Å². The Hall–Kier alpha value is -2.35. The van der Waals surface area contributed by atoms with E-state index in [9.17, 15) is 13.2 Å². The molecule has 0 aliphatic rings. The quantitative estimate of drug-likeness (QED) is 0.657. The number of fused-ring (bicyclic) bond motifs is 1. The number of para-hydroxylation sites is 1. The van der Waals surface area contributed by atoms with Crippen LogP contribution in [0.15, 0.2) is 47.6 Å². The van der Waals surface area contributed by atoms with E-state index in [0.717, 1.165) is 11.3 Å². The first-order valence-electron chi connectivity index (χ1n) is 7.45. The molecule has 0 saturated heterocycles. The standard InChI is InChI=1S/C17H16F3N3OS/c1-23(2)15-6-4-3-5-11(15)10-25-16-21-13-8-7-12(9-14(13)22-16)24-17(18,19)20/h3-9H,10H2,1-2H3,(H,21,22). The summed E-state index contributed by atoms with van der Waals surface area (Å²) >= 11 is 1.49. The Balaban J connectivity index is 1.77. The Kier molecular flexibility index (Phi) is 4.80. The molecule has 0 saturated carbocycles. The molecule has 3 aromatic rings. The number of nitrogens with one attached hydrogen (secondary N) is 1. The highest BCUT2D eigenvalue weighted by atomic mass is 32.2. The number of anilines is 1. The van der Waals surface area contributed by atoms with Crippen molar-refractivity contribution in [3.8, 4) is 5.75 Å². The zero-order chi connectivity index (χ0) is 18.0. The molecule has 0 aliphatic carbocycles. The molecule has 25 heavy (non-hydrogen) atoms. The van der Waals surface area contributed by atoms with E-state index in [1.165, 1.54) is 30.0 Å². The van der Waals surface area contributed by atoms with Gasteiger partial charge in [0, 0.05) is 31.6 Å². The molecule has 8 heteroatoms. The number of aromatic amines is 1. The molecule has 3 rings (SSSR count). The number of thioether (sulfide) groups is 1. The number of rotatable bonds is 5. The maximum atomic E-state index is 12.3. The van der Waals surface area contributed by atoms with E-state index in [2.05, 4.69) is 14.7 Å². The van der Waals surface area contributed by atoms with Crippen molar-refractivity contribution in [2.75, 3.05) is 19.0 Å². The molecule has 0 aliphatic heterocycles. The highest BCUT2D eigenvalue weighted by Crippen LogP contribution is 2.30. The van der Waals surface area contributed by atoms with Crippen LogP contribution in [0.1, 0.15) is 5.56 Å². The average molecular weight is 367 g/mol. The molecule has 0 atom stereocenters. The normalized spacial score (nSPS) is 11.7. The third-order valence-electron chi connectivity index (χ3n) is 3.50. The number of alkyl halides is 3. The van der Waals surface area contributed by atoms with Crippen LogP contribution in [0.2, 0.25) is 0 Å². The first-order chi connectivity index (χ1) is 11.8. The minimum absolute atomic E-state index is 0.277. The Morgan fingerprint density at radius 1 is 1.16 bits per heavy atom. The van der Waals surface area contributed by atoms with Crippen LogP contribution in [-0.2, 0) is 5.75 Å². The predicted molar refractivity (Wildman–Crippen MR) is 93.1 cm³/mol. The maximum absolute atomic E-state index is 12.3. The van der Waals surface area contributed by atoms with Crippen LogP contribution in [0.5, 0.6) is 5.75 Å². The second-order valence-electron chi connectivity index (χ2n) is 5.58. The fourth-order valence-electron chi connectivity index (χ4n) is 2.44. The van der Waals surface area contributed by atoms with E-state index in [-0.39, 0.29) is 5.75 Å². The van der Waals surface area contributed by atoms with Crippen LogP contribution < -0.4 is 9.64 Å². The van der Waals surface area contributed by atoms with E-state index in [4.69, 9.17) is 0 Å². The summed E-state index contributed by atoms with van der Waals surface area (Å²) in [5.41, 5.74) is 3.37. The highest BCUT2D eigenvalue weighted by Gasteiger charge is 2.31. The number of nitrogens with zero attached hydrogens (tertiary/aromatic N) is 2. The molecule has 0 amide bonds.